The van der Waals surface area contributed by atoms with E-state index < -0.39 is 0 Å². The highest BCUT2D eigenvalue weighted by Crippen LogP contribution is 2.13. The molecule has 1 rings (SSSR count). The molecule has 3 nitrogen and oxygen atoms in total. The van der Waals surface area contributed by atoms with E-state index in [1.54, 1.807) is 0 Å². The molecule has 0 aliphatic rings. The fourth-order valence-corrected chi connectivity index (χ4v) is 2.05. The number of aryl methyl sites for hydroxylation is 2. The van der Waals surface area contributed by atoms with Gasteiger partial charge in [-0.2, -0.15) is 16.9 Å². The smallest absolute Gasteiger partial charge is 0.0641 e. The second kappa shape index (κ2) is 6.30. The zero-order valence-electron chi connectivity index (χ0n) is 11.0. The predicted octanol–water partition coefficient (Wildman–Crippen LogP) is 2.36. The Morgan fingerprint density at radius 1 is 1.38 bits per heavy atom. The summed E-state index contributed by atoms with van der Waals surface area (Å²) in [6.45, 7) is 10.5. The molecule has 0 bridgehead atoms. The molecule has 4 heteroatoms. The fourth-order valence-electron chi connectivity index (χ4n) is 1.69. The molecule has 0 radical (unpaired) electrons. The molecule has 0 unspecified atom stereocenters. The zero-order chi connectivity index (χ0) is 12.1. The first-order valence-electron chi connectivity index (χ1n) is 5.81. The molecule has 1 N–H and O–H groups in total. The normalized spacial score (nSPS) is 11.4. The second-order valence-electron chi connectivity index (χ2n) is 4.40. The lowest BCUT2D eigenvalue weighted by atomic mass is 10.2. The van der Waals surface area contributed by atoms with Gasteiger partial charge in [-0.25, -0.2) is 0 Å². The Balaban J connectivity index is 2.72. The van der Waals surface area contributed by atoms with Crippen molar-refractivity contribution in [1.82, 2.24) is 15.1 Å². The fraction of sp³-hybridized carbons (Fsp3) is 0.750. The molecule has 16 heavy (non-hydrogen) atoms. The standard InChI is InChI=1S/C12H23N3S/c1-9(2)13-8-12-10(3)14-15(11(12)4)6-7-16-5/h9,13H,6-8H2,1-5H3. The van der Waals surface area contributed by atoms with E-state index in [2.05, 4.69) is 49.0 Å². The van der Waals surface area contributed by atoms with Crippen LogP contribution in [0.1, 0.15) is 30.8 Å². The number of rotatable bonds is 6. The van der Waals surface area contributed by atoms with Crippen LogP contribution in [0.2, 0.25) is 0 Å². The van der Waals surface area contributed by atoms with Crippen LogP contribution in [0, 0.1) is 13.8 Å². The van der Waals surface area contributed by atoms with Gasteiger partial charge in [0, 0.05) is 29.6 Å². The van der Waals surface area contributed by atoms with Crippen LogP contribution in [-0.4, -0.2) is 27.8 Å². The summed E-state index contributed by atoms with van der Waals surface area (Å²) in [5.74, 6) is 1.12. The Kier molecular flexibility index (Phi) is 5.35. The minimum absolute atomic E-state index is 0.522. The summed E-state index contributed by atoms with van der Waals surface area (Å²) < 4.78 is 2.13. The van der Waals surface area contributed by atoms with Gasteiger partial charge in [-0.1, -0.05) is 13.8 Å². The van der Waals surface area contributed by atoms with Crippen molar-refractivity contribution in [3.8, 4) is 0 Å². The van der Waals surface area contributed by atoms with E-state index in [9.17, 15) is 0 Å². The first-order chi connectivity index (χ1) is 7.56. The van der Waals surface area contributed by atoms with Gasteiger partial charge in [-0.05, 0) is 20.1 Å². The van der Waals surface area contributed by atoms with Crippen LogP contribution >= 0.6 is 11.8 Å². The number of aromatic nitrogens is 2. The molecule has 0 aliphatic heterocycles. The highest BCUT2D eigenvalue weighted by molar-refractivity contribution is 7.98. The summed E-state index contributed by atoms with van der Waals surface area (Å²) in [7, 11) is 0. The van der Waals surface area contributed by atoms with Crippen LogP contribution in [-0.2, 0) is 13.1 Å². The van der Waals surface area contributed by atoms with Gasteiger partial charge in [0.2, 0.25) is 0 Å². The quantitative estimate of drug-likeness (QED) is 0.829. The summed E-state index contributed by atoms with van der Waals surface area (Å²) >= 11 is 1.86. The molecule has 92 valence electrons. The lowest BCUT2D eigenvalue weighted by Crippen LogP contribution is -2.22. The molecule has 0 spiro atoms. The summed E-state index contributed by atoms with van der Waals surface area (Å²) in [4.78, 5) is 0. The van der Waals surface area contributed by atoms with E-state index in [-0.39, 0.29) is 0 Å². The highest BCUT2D eigenvalue weighted by atomic mass is 32.2. The average molecular weight is 241 g/mol. The minimum Gasteiger partial charge on any atom is -0.310 e. The van der Waals surface area contributed by atoms with E-state index in [1.165, 1.54) is 11.3 Å². The van der Waals surface area contributed by atoms with Gasteiger partial charge in [0.25, 0.3) is 0 Å². The van der Waals surface area contributed by atoms with Gasteiger partial charge < -0.3 is 5.32 Å². The third-order valence-corrected chi connectivity index (χ3v) is 3.32. The lowest BCUT2D eigenvalue weighted by Gasteiger charge is -2.08. The summed E-state index contributed by atoms with van der Waals surface area (Å²) in [6, 6.07) is 0.522. The molecule has 1 aromatic heterocycles. The maximum absolute atomic E-state index is 4.59. The Labute approximate surface area is 103 Å². The molecule has 0 amide bonds. The van der Waals surface area contributed by atoms with Crippen molar-refractivity contribution < 1.29 is 0 Å². The second-order valence-corrected chi connectivity index (χ2v) is 5.39. The van der Waals surface area contributed by atoms with Gasteiger partial charge in [0.05, 0.1) is 12.2 Å². The molecule has 1 heterocycles. The van der Waals surface area contributed by atoms with Crippen LogP contribution in [0.15, 0.2) is 0 Å². The third-order valence-electron chi connectivity index (χ3n) is 2.73. The van der Waals surface area contributed by atoms with Gasteiger partial charge in [-0.15, -0.1) is 0 Å². The van der Waals surface area contributed by atoms with Crippen molar-refractivity contribution in [2.45, 2.75) is 46.8 Å². The van der Waals surface area contributed by atoms with E-state index in [4.69, 9.17) is 0 Å². The number of hydrogen-bond donors (Lipinski definition) is 1. The monoisotopic (exact) mass is 241 g/mol. The molecular formula is C12H23N3S. The van der Waals surface area contributed by atoms with Crippen molar-refractivity contribution in [2.24, 2.45) is 0 Å². The maximum Gasteiger partial charge on any atom is 0.0641 e. The Bertz CT molecular complexity index is 331. The largest absolute Gasteiger partial charge is 0.310 e. The van der Waals surface area contributed by atoms with Crippen LogP contribution < -0.4 is 5.32 Å². The molecule has 0 saturated heterocycles. The Morgan fingerprint density at radius 2 is 2.06 bits per heavy atom. The zero-order valence-corrected chi connectivity index (χ0v) is 11.8. The Morgan fingerprint density at radius 3 is 2.62 bits per heavy atom. The number of thioether (sulfide) groups is 1. The number of hydrogen-bond acceptors (Lipinski definition) is 3. The summed E-state index contributed by atoms with van der Waals surface area (Å²) in [6.07, 6.45) is 2.13. The molecule has 0 aromatic carbocycles. The highest BCUT2D eigenvalue weighted by Gasteiger charge is 2.10. The first-order valence-corrected chi connectivity index (χ1v) is 7.20. The molecule has 0 fully saturated rings. The van der Waals surface area contributed by atoms with Crippen molar-refractivity contribution in [3.63, 3.8) is 0 Å². The molecule has 1 aromatic rings. The predicted molar refractivity (Wildman–Crippen MR) is 72.1 cm³/mol. The SMILES string of the molecule is CSCCn1nc(C)c(CNC(C)C)c1C. The van der Waals surface area contributed by atoms with Gasteiger partial charge in [0.15, 0.2) is 0 Å². The first kappa shape index (κ1) is 13.6. The molecule has 0 atom stereocenters. The third kappa shape index (κ3) is 3.52. The maximum atomic E-state index is 4.59. The summed E-state index contributed by atoms with van der Waals surface area (Å²) in [5, 5.41) is 8.04. The van der Waals surface area contributed by atoms with Gasteiger partial charge in [-0.3, -0.25) is 4.68 Å². The molecular weight excluding hydrogens is 218 g/mol. The number of nitrogens with one attached hydrogen (secondary N) is 1. The van der Waals surface area contributed by atoms with Crippen LogP contribution in [0.25, 0.3) is 0 Å². The molecule has 0 saturated carbocycles. The van der Waals surface area contributed by atoms with Crippen LogP contribution in [0.5, 0.6) is 0 Å². The Hall–Kier alpha value is -0.480. The van der Waals surface area contributed by atoms with Gasteiger partial charge >= 0.3 is 0 Å². The van der Waals surface area contributed by atoms with Crippen LogP contribution in [0.4, 0.5) is 0 Å². The van der Waals surface area contributed by atoms with E-state index in [1.807, 2.05) is 11.8 Å². The number of nitrogens with zero attached hydrogens (tertiary/aromatic N) is 2. The lowest BCUT2D eigenvalue weighted by molar-refractivity contribution is 0.584. The van der Waals surface area contributed by atoms with Crippen molar-refractivity contribution in [2.75, 3.05) is 12.0 Å². The van der Waals surface area contributed by atoms with Crippen molar-refractivity contribution in [3.05, 3.63) is 17.0 Å². The van der Waals surface area contributed by atoms with E-state index >= 15 is 0 Å². The van der Waals surface area contributed by atoms with E-state index in [0.29, 0.717) is 6.04 Å². The average Bonchev–Trinajstić information content (AvgIpc) is 2.48. The van der Waals surface area contributed by atoms with Gasteiger partial charge in [0.1, 0.15) is 0 Å². The summed E-state index contributed by atoms with van der Waals surface area (Å²) in [5.41, 5.74) is 3.82. The van der Waals surface area contributed by atoms with E-state index in [0.717, 1.165) is 24.5 Å². The van der Waals surface area contributed by atoms with Crippen molar-refractivity contribution in [1.29, 1.82) is 0 Å². The molecule has 0 aliphatic carbocycles. The van der Waals surface area contributed by atoms with Crippen molar-refractivity contribution >= 4 is 11.8 Å². The van der Waals surface area contributed by atoms with Crippen LogP contribution in [0.3, 0.4) is 0 Å². The minimum atomic E-state index is 0.522. The topological polar surface area (TPSA) is 29.9 Å².